The van der Waals surface area contributed by atoms with E-state index in [-0.39, 0.29) is 0 Å². The van der Waals surface area contributed by atoms with E-state index in [1.54, 1.807) is 0 Å². The van der Waals surface area contributed by atoms with E-state index in [0.29, 0.717) is 5.70 Å². The fourth-order valence-corrected chi connectivity index (χ4v) is 1.70. The van der Waals surface area contributed by atoms with Gasteiger partial charge in [0.05, 0.1) is 0 Å². The van der Waals surface area contributed by atoms with Crippen LogP contribution in [0.5, 0.6) is 0 Å². The highest BCUT2D eigenvalue weighted by Gasteiger charge is 2.00. The van der Waals surface area contributed by atoms with E-state index in [1.165, 1.54) is 22.3 Å². The van der Waals surface area contributed by atoms with E-state index in [0.717, 1.165) is 6.42 Å². The Bertz CT molecular complexity index is 447. The van der Waals surface area contributed by atoms with Gasteiger partial charge in [0.2, 0.25) is 0 Å². The quantitative estimate of drug-likeness (QED) is 0.766. The molecule has 0 atom stereocenters. The van der Waals surface area contributed by atoms with Crippen molar-refractivity contribution in [3.8, 4) is 0 Å². The lowest BCUT2D eigenvalue weighted by molar-refractivity contribution is 1.14. The number of rotatable bonds is 4. The minimum atomic E-state index is 0.590. The molecule has 0 saturated heterocycles. The monoisotopic (exact) mass is 227 g/mol. The molecule has 0 heterocycles. The molecular formula is C16H21N. The van der Waals surface area contributed by atoms with Gasteiger partial charge in [-0.2, -0.15) is 0 Å². The van der Waals surface area contributed by atoms with Gasteiger partial charge in [-0.05, 0) is 43.1 Å². The maximum Gasteiger partial charge on any atom is 0.0241 e. The zero-order valence-corrected chi connectivity index (χ0v) is 11.0. The molecule has 0 amide bonds. The zero-order valence-electron chi connectivity index (χ0n) is 11.0. The number of hydrogen-bond acceptors (Lipinski definition) is 1. The summed E-state index contributed by atoms with van der Waals surface area (Å²) in [4.78, 5) is 0. The normalized spacial score (nSPS) is 12.6. The fourth-order valence-electron chi connectivity index (χ4n) is 1.70. The van der Waals surface area contributed by atoms with Crippen molar-refractivity contribution in [2.75, 3.05) is 0 Å². The Morgan fingerprint density at radius 3 is 2.29 bits per heavy atom. The average molecular weight is 227 g/mol. The molecule has 90 valence electrons. The molecule has 0 saturated carbocycles. The molecule has 0 aliphatic carbocycles. The molecule has 1 nitrogen and oxygen atoms in total. The second-order valence-electron chi connectivity index (χ2n) is 4.28. The summed E-state index contributed by atoms with van der Waals surface area (Å²) in [7, 11) is 0. The van der Waals surface area contributed by atoms with Crippen LogP contribution in [0.1, 0.15) is 31.4 Å². The fraction of sp³-hybridized carbons (Fsp3) is 0.250. The van der Waals surface area contributed by atoms with Crippen LogP contribution in [0, 0.1) is 6.92 Å². The van der Waals surface area contributed by atoms with Crippen molar-refractivity contribution in [1.29, 1.82) is 0 Å². The van der Waals surface area contributed by atoms with Gasteiger partial charge in [0, 0.05) is 5.70 Å². The predicted molar refractivity (Wildman–Crippen MR) is 76.5 cm³/mol. The molecule has 1 aromatic rings. The van der Waals surface area contributed by atoms with Crippen LogP contribution in [0.2, 0.25) is 0 Å². The molecule has 0 fully saturated rings. The smallest absolute Gasteiger partial charge is 0.0241 e. The first kappa shape index (κ1) is 13.3. The average Bonchev–Trinajstić information content (AvgIpc) is 2.30. The first-order chi connectivity index (χ1) is 8.04. The van der Waals surface area contributed by atoms with Crippen LogP contribution < -0.4 is 5.73 Å². The molecule has 17 heavy (non-hydrogen) atoms. The first-order valence-electron chi connectivity index (χ1n) is 5.93. The van der Waals surface area contributed by atoms with Gasteiger partial charge in [-0.1, -0.05) is 49.4 Å². The Morgan fingerprint density at radius 1 is 1.24 bits per heavy atom. The Morgan fingerprint density at radius 2 is 1.82 bits per heavy atom. The highest BCUT2D eigenvalue weighted by molar-refractivity contribution is 5.69. The summed E-state index contributed by atoms with van der Waals surface area (Å²) in [5, 5.41) is 0. The van der Waals surface area contributed by atoms with Gasteiger partial charge in [0.25, 0.3) is 0 Å². The summed E-state index contributed by atoms with van der Waals surface area (Å²) >= 11 is 0. The molecule has 0 unspecified atom stereocenters. The first-order valence-corrected chi connectivity index (χ1v) is 5.93. The highest BCUT2D eigenvalue weighted by Crippen LogP contribution is 2.21. The van der Waals surface area contributed by atoms with E-state index in [4.69, 9.17) is 5.73 Å². The molecule has 0 radical (unpaired) electrons. The van der Waals surface area contributed by atoms with Crippen molar-refractivity contribution in [2.24, 2.45) is 5.73 Å². The summed E-state index contributed by atoms with van der Waals surface area (Å²) < 4.78 is 0. The second kappa shape index (κ2) is 6.09. The van der Waals surface area contributed by atoms with Crippen LogP contribution in [-0.4, -0.2) is 0 Å². The SMILES string of the molecule is C=C(N)/C=C\C(CC)=C(/C)c1ccc(C)cc1. The van der Waals surface area contributed by atoms with Crippen molar-refractivity contribution < 1.29 is 0 Å². The Hall–Kier alpha value is -1.76. The summed E-state index contributed by atoms with van der Waals surface area (Å²) in [6, 6.07) is 8.59. The zero-order chi connectivity index (χ0) is 12.8. The Labute approximate surface area is 104 Å². The lowest BCUT2D eigenvalue weighted by Gasteiger charge is -2.07. The van der Waals surface area contributed by atoms with Crippen LogP contribution in [-0.2, 0) is 0 Å². The predicted octanol–water partition coefficient (Wildman–Crippen LogP) is 4.21. The molecule has 0 bridgehead atoms. The maximum absolute atomic E-state index is 5.55. The van der Waals surface area contributed by atoms with E-state index in [1.807, 2.05) is 6.08 Å². The van der Waals surface area contributed by atoms with Gasteiger partial charge < -0.3 is 5.73 Å². The van der Waals surface area contributed by atoms with Crippen molar-refractivity contribution in [3.05, 3.63) is 65.4 Å². The van der Waals surface area contributed by atoms with Crippen LogP contribution >= 0.6 is 0 Å². The molecular weight excluding hydrogens is 206 g/mol. The molecule has 1 rings (SSSR count). The van der Waals surface area contributed by atoms with Gasteiger partial charge in [0.15, 0.2) is 0 Å². The number of benzene rings is 1. The summed E-state index contributed by atoms with van der Waals surface area (Å²) in [6.45, 7) is 10.1. The standard InChI is InChI=1S/C16H21N/c1-5-15(11-8-13(3)17)14(4)16-9-6-12(2)7-10-16/h6-11H,3,5,17H2,1-2,4H3/b11-8-,15-14+. The molecule has 0 aromatic heterocycles. The van der Waals surface area contributed by atoms with E-state index >= 15 is 0 Å². The summed E-state index contributed by atoms with van der Waals surface area (Å²) in [5.74, 6) is 0. The van der Waals surface area contributed by atoms with E-state index < -0.39 is 0 Å². The number of hydrogen-bond donors (Lipinski definition) is 1. The van der Waals surface area contributed by atoms with Crippen LogP contribution in [0.25, 0.3) is 5.57 Å². The maximum atomic E-state index is 5.55. The van der Waals surface area contributed by atoms with Crippen molar-refractivity contribution in [3.63, 3.8) is 0 Å². The van der Waals surface area contributed by atoms with E-state index in [9.17, 15) is 0 Å². The second-order valence-corrected chi connectivity index (χ2v) is 4.28. The number of nitrogens with two attached hydrogens (primary N) is 1. The molecule has 0 aliphatic heterocycles. The summed E-state index contributed by atoms with van der Waals surface area (Å²) in [6.07, 6.45) is 4.90. The van der Waals surface area contributed by atoms with Crippen LogP contribution in [0.3, 0.4) is 0 Å². The third kappa shape index (κ3) is 3.95. The third-order valence-corrected chi connectivity index (χ3v) is 2.85. The third-order valence-electron chi connectivity index (χ3n) is 2.85. The largest absolute Gasteiger partial charge is 0.399 e. The summed E-state index contributed by atoms with van der Waals surface area (Å²) in [5.41, 5.74) is 11.3. The molecule has 1 aromatic carbocycles. The highest BCUT2D eigenvalue weighted by atomic mass is 14.5. The molecule has 0 spiro atoms. The Kier molecular flexibility index (Phi) is 4.77. The van der Waals surface area contributed by atoms with Gasteiger partial charge in [-0.15, -0.1) is 0 Å². The van der Waals surface area contributed by atoms with Gasteiger partial charge in [0.1, 0.15) is 0 Å². The van der Waals surface area contributed by atoms with Crippen LogP contribution in [0.15, 0.2) is 54.3 Å². The Balaban J connectivity index is 3.08. The number of allylic oxidation sites excluding steroid dienone is 4. The molecule has 1 heteroatoms. The minimum Gasteiger partial charge on any atom is -0.399 e. The number of aryl methyl sites for hydroxylation is 1. The topological polar surface area (TPSA) is 26.0 Å². The van der Waals surface area contributed by atoms with Crippen molar-refractivity contribution in [2.45, 2.75) is 27.2 Å². The van der Waals surface area contributed by atoms with Crippen LogP contribution in [0.4, 0.5) is 0 Å². The lowest BCUT2D eigenvalue weighted by Crippen LogP contribution is -1.90. The van der Waals surface area contributed by atoms with Crippen molar-refractivity contribution in [1.82, 2.24) is 0 Å². The molecule has 2 N–H and O–H groups in total. The lowest BCUT2D eigenvalue weighted by atomic mass is 9.98. The van der Waals surface area contributed by atoms with Gasteiger partial charge >= 0.3 is 0 Å². The van der Waals surface area contributed by atoms with Gasteiger partial charge in [-0.3, -0.25) is 0 Å². The minimum absolute atomic E-state index is 0.590. The van der Waals surface area contributed by atoms with Gasteiger partial charge in [-0.25, -0.2) is 0 Å². The van der Waals surface area contributed by atoms with Crippen molar-refractivity contribution >= 4 is 5.57 Å². The molecule has 0 aliphatic rings. The van der Waals surface area contributed by atoms with E-state index in [2.05, 4.69) is 57.7 Å².